The molecular weight excluding hydrogens is 385 g/mol. The van der Waals surface area contributed by atoms with E-state index < -0.39 is 33.1 Å². The first-order valence-corrected chi connectivity index (χ1v) is 9.94. The second-order valence-electron chi connectivity index (χ2n) is 4.36. The fraction of sp³-hybridized carbons (Fsp3) is 0.600. The Labute approximate surface area is 161 Å². The summed E-state index contributed by atoms with van der Waals surface area (Å²) < 4.78 is 62.7. The molecule has 0 aliphatic heterocycles. The van der Waals surface area contributed by atoms with Crippen molar-refractivity contribution in [2.45, 2.75) is 30.5 Å². The van der Waals surface area contributed by atoms with Crippen LogP contribution in [-0.2, 0) is 24.6 Å². The predicted octanol–water partition coefficient (Wildman–Crippen LogP) is -1.42. The summed E-state index contributed by atoms with van der Waals surface area (Å²) in [7, 11) is -8.73. The Morgan fingerprint density at radius 2 is 1.95 bits per heavy atom. The van der Waals surface area contributed by atoms with Crippen molar-refractivity contribution in [3.63, 3.8) is 0 Å². The molecule has 7 nitrogen and oxygen atoms in total. The monoisotopic (exact) mass is 399 g/mol. The van der Waals surface area contributed by atoms with Crippen molar-refractivity contribution in [1.29, 1.82) is 0 Å². The minimum Gasteiger partial charge on any atom is -0.726 e. The Bertz CT molecular complexity index is 675. The molecule has 0 saturated heterocycles. The van der Waals surface area contributed by atoms with Gasteiger partial charge in [0.1, 0.15) is 4.21 Å². The second kappa shape index (κ2) is 9.30. The molecule has 22 heavy (non-hydrogen) atoms. The molecule has 12 heteroatoms. The average molecular weight is 400 g/mol. The van der Waals surface area contributed by atoms with Crippen LogP contribution in [0.3, 0.4) is 0 Å². The fourth-order valence-electron chi connectivity index (χ4n) is 1.46. The minimum absolute atomic E-state index is 0. The van der Waals surface area contributed by atoms with Crippen molar-refractivity contribution in [2.24, 2.45) is 5.92 Å². The Morgan fingerprint density at radius 3 is 2.36 bits per heavy atom. The molecule has 0 unspecified atom stereocenters. The maximum Gasteiger partial charge on any atom is 1.00 e. The van der Waals surface area contributed by atoms with E-state index in [4.69, 9.17) is 11.6 Å². The predicted molar refractivity (Wildman–Crippen MR) is 78.5 cm³/mol. The van der Waals surface area contributed by atoms with Crippen LogP contribution >= 0.6 is 22.9 Å². The molecule has 1 heterocycles. The molecule has 0 radical (unpaired) electrons. The first-order valence-electron chi connectivity index (χ1n) is 5.93. The second-order valence-corrected chi connectivity index (χ2v) is 9.07. The van der Waals surface area contributed by atoms with Gasteiger partial charge in [-0.2, -0.15) is 0 Å². The van der Waals surface area contributed by atoms with E-state index in [0.717, 1.165) is 11.3 Å². The summed E-state index contributed by atoms with van der Waals surface area (Å²) >= 11 is 6.57. The van der Waals surface area contributed by atoms with E-state index in [1.54, 1.807) is 13.8 Å². The number of thiophene rings is 1. The molecular formula is C10H15ClNNaO6S3. The molecule has 0 fully saturated rings. The van der Waals surface area contributed by atoms with Gasteiger partial charge in [-0.05, 0) is 18.1 Å². The Balaban J connectivity index is 0.00000441. The largest absolute Gasteiger partial charge is 1.00 e. The van der Waals surface area contributed by atoms with Crippen LogP contribution in [0.4, 0.5) is 0 Å². The van der Waals surface area contributed by atoms with Crippen LogP contribution in [-0.4, -0.2) is 34.0 Å². The third-order valence-electron chi connectivity index (χ3n) is 2.84. The molecule has 0 aliphatic carbocycles. The third kappa shape index (κ3) is 7.56. The first-order chi connectivity index (χ1) is 9.55. The standard InChI is InChI=1S/C10H16ClNO6S3.Na/c1-3-7(2)8(6-18-21(15,16)17)12-20(13,14)10-5-4-9(11)19-10;/h4-5,7-8,12H,3,6H2,1-2H3,(H,15,16,17);/q;+1/p-1/t7-,8-;/m1./s1. The summed E-state index contributed by atoms with van der Waals surface area (Å²) in [5, 5.41) is 0. The number of sulfonamides is 1. The third-order valence-corrected chi connectivity index (χ3v) is 6.48. The zero-order chi connectivity index (χ0) is 16.3. The molecule has 1 N–H and O–H groups in total. The van der Waals surface area contributed by atoms with E-state index in [1.165, 1.54) is 12.1 Å². The molecule has 0 spiro atoms. The van der Waals surface area contributed by atoms with Gasteiger partial charge in [-0.15, -0.1) is 11.3 Å². The van der Waals surface area contributed by atoms with Crippen molar-refractivity contribution in [1.82, 2.24) is 4.72 Å². The van der Waals surface area contributed by atoms with Crippen molar-refractivity contribution in [2.75, 3.05) is 6.61 Å². The molecule has 0 amide bonds. The average Bonchev–Trinajstić information content (AvgIpc) is 2.80. The molecule has 1 rings (SSSR count). The smallest absolute Gasteiger partial charge is 0.726 e. The van der Waals surface area contributed by atoms with Gasteiger partial charge in [-0.25, -0.2) is 21.6 Å². The Morgan fingerprint density at radius 1 is 1.36 bits per heavy atom. The number of nitrogens with one attached hydrogen (secondary N) is 1. The fourth-order valence-corrected chi connectivity index (χ4v) is 4.60. The summed E-state index contributed by atoms with van der Waals surface area (Å²) in [5.41, 5.74) is 0. The van der Waals surface area contributed by atoms with E-state index >= 15 is 0 Å². The van der Waals surface area contributed by atoms with Crippen LogP contribution in [0.1, 0.15) is 20.3 Å². The molecule has 122 valence electrons. The van der Waals surface area contributed by atoms with Crippen molar-refractivity contribution in [3.8, 4) is 0 Å². The van der Waals surface area contributed by atoms with Gasteiger partial charge in [0, 0.05) is 6.04 Å². The van der Waals surface area contributed by atoms with Crippen LogP contribution in [0.25, 0.3) is 0 Å². The van der Waals surface area contributed by atoms with Gasteiger partial charge in [-0.3, -0.25) is 4.18 Å². The maximum absolute atomic E-state index is 12.2. The quantitative estimate of drug-likeness (QED) is 0.326. The summed E-state index contributed by atoms with van der Waals surface area (Å²) in [4.78, 5) is 0. The zero-order valence-electron chi connectivity index (χ0n) is 12.3. The molecule has 1 aromatic rings. The van der Waals surface area contributed by atoms with Crippen molar-refractivity contribution < 1.29 is 55.1 Å². The summed E-state index contributed by atoms with van der Waals surface area (Å²) in [6.07, 6.45) is 0.570. The first kappa shape index (κ1) is 22.8. The van der Waals surface area contributed by atoms with Crippen LogP contribution in [0, 0.1) is 5.92 Å². The van der Waals surface area contributed by atoms with Crippen LogP contribution in [0.2, 0.25) is 4.34 Å². The number of rotatable bonds is 8. The number of hydrogen-bond donors (Lipinski definition) is 1. The van der Waals surface area contributed by atoms with Gasteiger partial charge >= 0.3 is 29.6 Å². The number of hydrogen-bond acceptors (Lipinski definition) is 7. The van der Waals surface area contributed by atoms with Crippen molar-refractivity contribution in [3.05, 3.63) is 16.5 Å². The van der Waals surface area contributed by atoms with Crippen LogP contribution < -0.4 is 34.3 Å². The zero-order valence-corrected chi connectivity index (χ0v) is 17.5. The van der Waals surface area contributed by atoms with E-state index in [-0.39, 0.29) is 39.7 Å². The molecule has 2 atom stereocenters. The Hall–Kier alpha value is 0.770. The van der Waals surface area contributed by atoms with E-state index in [0.29, 0.717) is 10.8 Å². The topological polar surface area (TPSA) is 113 Å². The summed E-state index contributed by atoms with van der Waals surface area (Å²) in [6.45, 7) is 2.97. The van der Waals surface area contributed by atoms with Gasteiger partial charge in [0.2, 0.25) is 20.4 Å². The van der Waals surface area contributed by atoms with Gasteiger partial charge in [0.05, 0.1) is 10.9 Å². The SMILES string of the molecule is CC[C@@H](C)[C@@H](COS(=O)(=O)[O-])NS(=O)(=O)c1ccc(Cl)s1.[Na+]. The van der Waals surface area contributed by atoms with Gasteiger partial charge in [-0.1, -0.05) is 31.9 Å². The molecule has 0 saturated carbocycles. The Kier molecular flexibility index (Phi) is 9.63. The van der Waals surface area contributed by atoms with Gasteiger partial charge < -0.3 is 4.55 Å². The van der Waals surface area contributed by atoms with Crippen molar-refractivity contribution >= 4 is 43.4 Å². The van der Waals surface area contributed by atoms with Crippen LogP contribution in [0.15, 0.2) is 16.3 Å². The van der Waals surface area contributed by atoms with E-state index in [9.17, 15) is 21.4 Å². The summed E-state index contributed by atoms with van der Waals surface area (Å²) in [5.74, 6) is -0.225. The van der Waals surface area contributed by atoms with Gasteiger partial charge in [0.15, 0.2) is 0 Å². The molecule has 0 bridgehead atoms. The number of halogens is 1. The normalized spacial score (nSPS) is 15.1. The van der Waals surface area contributed by atoms with E-state index in [1.807, 2.05) is 0 Å². The molecule has 0 aromatic carbocycles. The minimum atomic E-state index is -4.88. The maximum atomic E-state index is 12.2. The van der Waals surface area contributed by atoms with E-state index in [2.05, 4.69) is 8.91 Å². The van der Waals surface area contributed by atoms with Gasteiger partial charge in [0.25, 0.3) is 0 Å². The summed E-state index contributed by atoms with van der Waals surface area (Å²) in [6, 6.07) is 1.94. The molecule has 0 aliphatic rings. The molecule has 1 aromatic heterocycles. The van der Waals surface area contributed by atoms with Crippen LogP contribution in [0.5, 0.6) is 0 Å².